The number of hydrogen-bond donors (Lipinski definition) is 1. The third kappa shape index (κ3) is 2.57. The van der Waals surface area contributed by atoms with Crippen molar-refractivity contribution in [2.24, 2.45) is 7.05 Å². The summed E-state index contributed by atoms with van der Waals surface area (Å²) in [4.78, 5) is 16.8. The number of amides is 1. The Morgan fingerprint density at radius 3 is 2.55 bits per heavy atom. The SMILES string of the molecule is CC(NC(=O)c1ccc(F)cc1)c1nc2ccccc2n1C. The maximum atomic E-state index is 12.9. The highest BCUT2D eigenvalue weighted by Crippen LogP contribution is 2.19. The van der Waals surface area contributed by atoms with Crippen molar-refractivity contribution < 1.29 is 9.18 Å². The van der Waals surface area contributed by atoms with E-state index in [2.05, 4.69) is 10.3 Å². The first-order valence-electron chi connectivity index (χ1n) is 7.04. The summed E-state index contributed by atoms with van der Waals surface area (Å²) < 4.78 is 14.9. The van der Waals surface area contributed by atoms with Crippen molar-refractivity contribution in [2.45, 2.75) is 13.0 Å². The van der Waals surface area contributed by atoms with Crippen molar-refractivity contribution in [3.8, 4) is 0 Å². The molecule has 1 unspecified atom stereocenters. The Labute approximate surface area is 127 Å². The van der Waals surface area contributed by atoms with Gasteiger partial charge in [0, 0.05) is 12.6 Å². The van der Waals surface area contributed by atoms with Gasteiger partial charge in [0.25, 0.3) is 5.91 Å². The first-order chi connectivity index (χ1) is 10.6. The summed E-state index contributed by atoms with van der Waals surface area (Å²) in [5.74, 6) is 0.163. The van der Waals surface area contributed by atoms with E-state index < -0.39 is 0 Å². The van der Waals surface area contributed by atoms with Gasteiger partial charge in [-0.1, -0.05) is 12.1 Å². The Bertz CT molecular complexity index is 824. The van der Waals surface area contributed by atoms with Gasteiger partial charge in [-0.3, -0.25) is 4.79 Å². The monoisotopic (exact) mass is 297 g/mol. The zero-order valence-electron chi connectivity index (χ0n) is 12.4. The molecule has 3 rings (SSSR count). The summed E-state index contributed by atoms with van der Waals surface area (Å²) in [6, 6.07) is 13.0. The van der Waals surface area contributed by atoms with Gasteiger partial charge in [-0.25, -0.2) is 9.37 Å². The number of halogens is 1. The predicted octanol–water partition coefficient (Wildman–Crippen LogP) is 3.20. The Balaban J connectivity index is 1.83. The summed E-state index contributed by atoms with van der Waals surface area (Å²) >= 11 is 0. The van der Waals surface area contributed by atoms with E-state index in [1.807, 2.05) is 42.8 Å². The molecule has 0 aliphatic carbocycles. The van der Waals surface area contributed by atoms with Crippen LogP contribution in [0.3, 0.4) is 0 Å². The van der Waals surface area contributed by atoms with Crippen LogP contribution in [-0.2, 0) is 7.05 Å². The van der Waals surface area contributed by atoms with Crippen LogP contribution in [-0.4, -0.2) is 15.5 Å². The first-order valence-corrected chi connectivity index (χ1v) is 7.04. The quantitative estimate of drug-likeness (QED) is 0.807. The fraction of sp³-hybridized carbons (Fsp3) is 0.176. The zero-order valence-corrected chi connectivity index (χ0v) is 12.4. The average molecular weight is 297 g/mol. The van der Waals surface area contributed by atoms with Crippen LogP contribution in [0.15, 0.2) is 48.5 Å². The minimum Gasteiger partial charge on any atom is -0.342 e. The molecule has 1 heterocycles. The Morgan fingerprint density at radius 2 is 1.86 bits per heavy atom. The van der Waals surface area contributed by atoms with Crippen LogP contribution in [0.5, 0.6) is 0 Å². The third-order valence-electron chi connectivity index (χ3n) is 3.66. The number of para-hydroxylation sites is 2. The molecule has 5 heteroatoms. The lowest BCUT2D eigenvalue weighted by atomic mass is 10.2. The highest BCUT2D eigenvalue weighted by atomic mass is 19.1. The normalized spacial score (nSPS) is 12.3. The maximum Gasteiger partial charge on any atom is 0.251 e. The number of rotatable bonds is 3. The van der Waals surface area contributed by atoms with Crippen LogP contribution >= 0.6 is 0 Å². The second kappa shape index (κ2) is 5.60. The molecule has 1 atom stereocenters. The Hall–Kier alpha value is -2.69. The van der Waals surface area contributed by atoms with Crippen molar-refractivity contribution in [3.63, 3.8) is 0 Å². The molecular formula is C17H16FN3O. The number of hydrogen-bond acceptors (Lipinski definition) is 2. The topological polar surface area (TPSA) is 46.9 Å². The van der Waals surface area contributed by atoms with E-state index in [-0.39, 0.29) is 17.8 Å². The van der Waals surface area contributed by atoms with Gasteiger partial charge in [0.2, 0.25) is 0 Å². The number of benzene rings is 2. The van der Waals surface area contributed by atoms with Crippen LogP contribution in [0.2, 0.25) is 0 Å². The van der Waals surface area contributed by atoms with Crippen LogP contribution in [0, 0.1) is 5.82 Å². The van der Waals surface area contributed by atoms with Crippen molar-refractivity contribution in [3.05, 3.63) is 65.7 Å². The number of carbonyl (C=O) groups excluding carboxylic acids is 1. The summed E-state index contributed by atoms with van der Waals surface area (Å²) in [7, 11) is 1.92. The second-order valence-corrected chi connectivity index (χ2v) is 5.22. The highest BCUT2D eigenvalue weighted by Gasteiger charge is 2.17. The molecule has 1 amide bonds. The molecule has 1 N–H and O–H groups in total. The number of imidazole rings is 1. The van der Waals surface area contributed by atoms with E-state index in [0.717, 1.165) is 16.9 Å². The average Bonchev–Trinajstić information content (AvgIpc) is 2.85. The smallest absolute Gasteiger partial charge is 0.251 e. The van der Waals surface area contributed by atoms with Gasteiger partial charge in [0.1, 0.15) is 11.6 Å². The lowest BCUT2D eigenvalue weighted by Crippen LogP contribution is -2.28. The van der Waals surface area contributed by atoms with Crippen LogP contribution < -0.4 is 5.32 Å². The van der Waals surface area contributed by atoms with Crippen LogP contribution in [0.1, 0.15) is 29.1 Å². The van der Waals surface area contributed by atoms with Gasteiger partial charge >= 0.3 is 0 Å². The molecule has 0 radical (unpaired) electrons. The van der Waals surface area contributed by atoms with Crippen LogP contribution in [0.4, 0.5) is 4.39 Å². The molecule has 0 aliphatic rings. The van der Waals surface area contributed by atoms with Crippen molar-refractivity contribution in [1.82, 2.24) is 14.9 Å². The molecule has 1 aromatic heterocycles. The van der Waals surface area contributed by atoms with E-state index in [9.17, 15) is 9.18 Å². The second-order valence-electron chi connectivity index (χ2n) is 5.22. The van der Waals surface area contributed by atoms with E-state index >= 15 is 0 Å². The van der Waals surface area contributed by atoms with E-state index in [4.69, 9.17) is 0 Å². The molecule has 112 valence electrons. The van der Waals surface area contributed by atoms with Gasteiger partial charge in [-0.2, -0.15) is 0 Å². The summed E-state index contributed by atoms with van der Waals surface area (Å²) in [6.07, 6.45) is 0. The number of nitrogens with one attached hydrogen (secondary N) is 1. The van der Waals surface area contributed by atoms with Gasteiger partial charge in [0.15, 0.2) is 0 Å². The largest absolute Gasteiger partial charge is 0.342 e. The number of nitrogens with zero attached hydrogens (tertiary/aromatic N) is 2. The molecule has 0 bridgehead atoms. The van der Waals surface area contributed by atoms with Gasteiger partial charge in [-0.05, 0) is 43.3 Å². The van der Waals surface area contributed by atoms with E-state index in [1.54, 1.807) is 0 Å². The molecule has 22 heavy (non-hydrogen) atoms. The predicted molar refractivity (Wildman–Crippen MR) is 83.0 cm³/mol. The summed E-state index contributed by atoms with van der Waals surface area (Å²) in [6.45, 7) is 1.88. The lowest BCUT2D eigenvalue weighted by Gasteiger charge is -2.14. The maximum absolute atomic E-state index is 12.9. The molecule has 2 aromatic carbocycles. The number of aromatic nitrogens is 2. The van der Waals surface area contributed by atoms with Gasteiger partial charge in [-0.15, -0.1) is 0 Å². The molecule has 0 aliphatic heterocycles. The molecule has 0 saturated carbocycles. The number of fused-ring (bicyclic) bond motifs is 1. The van der Waals surface area contributed by atoms with Crippen molar-refractivity contribution in [1.29, 1.82) is 0 Å². The number of carbonyl (C=O) groups is 1. The molecule has 3 aromatic rings. The van der Waals surface area contributed by atoms with Gasteiger partial charge < -0.3 is 9.88 Å². The minimum atomic E-state index is -0.361. The number of aryl methyl sites for hydroxylation is 1. The third-order valence-corrected chi connectivity index (χ3v) is 3.66. The van der Waals surface area contributed by atoms with Gasteiger partial charge in [0.05, 0.1) is 17.1 Å². The Morgan fingerprint density at radius 1 is 1.18 bits per heavy atom. The molecular weight excluding hydrogens is 281 g/mol. The van der Waals surface area contributed by atoms with E-state index in [1.165, 1.54) is 24.3 Å². The van der Waals surface area contributed by atoms with E-state index in [0.29, 0.717) is 5.56 Å². The summed E-state index contributed by atoms with van der Waals surface area (Å²) in [5.41, 5.74) is 2.33. The van der Waals surface area contributed by atoms with Crippen molar-refractivity contribution in [2.75, 3.05) is 0 Å². The summed E-state index contributed by atoms with van der Waals surface area (Å²) in [5, 5.41) is 2.89. The highest BCUT2D eigenvalue weighted by molar-refractivity contribution is 5.94. The minimum absolute atomic E-state index is 0.250. The van der Waals surface area contributed by atoms with Crippen LogP contribution in [0.25, 0.3) is 11.0 Å². The van der Waals surface area contributed by atoms with Crippen molar-refractivity contribution >= 4 is 16.9 Å². The fourth-order valence-corrected chi connectivity index (χ4v) is 2.50. The molecule has 0 fully saturated rings. The standard InChI is InChI=1S/C17H16FN3O/c1-11(19-17(22)12-7-9-13(18)10-8-12)16-20-14-5-3-4-6-15(14)21(16)2/h3-11H,1-2H3,(H,19,22). The first kappa shape index (κ1) is 14.3. The molecule has 0 spiro atoms. The fourth-order valence-electron chi connectivity index (χ4n) is 2.50. The lowest BCUT2D eigenvalue weighted by molar-refractivity contribution is 0.0938. The Kier molecular flexibility index (Phi) is 3.63. The zero-order chi connectivity index (χ0) is 15.7. The molecule has 0 saturated heterocycles. The molecule has 4 nitrogen and oxygen atoms in total.